The zero-order chi connectivity index (χ0) is 22.7. The van der Waals surface area contributed by atoms with E-state index in [0.29, 0.717) is 25.1 Å². The maximum Gasteiger partial charge on any atom is 0.296 e. The lowest BCUT2D eigenvalue weighted by Crippen LogP contribution is -2.35. The fourth-order valence-corrected chi connectivity index (χ4v) is 3.68. The van der Waals surface area contributed by atoms with Crippen LogP contribution in [0.2, 0.25) is 0 Å². The van der Waals surface area contributed by atoms with Crippen molar-refractivity contribution >= 4 is 11.8 Å². The first kappa shape index (κ1) is 22.4. The average Bonchev–Trinajstić information content (AvgIpc) is 3.16. The predicted molar refractivity (Wildman–Crippen MR) is 109 cm³/mol. The van der Waals surface area contributed by atoms with Gasteiger partial charge in [-0.1, -0.05) is 12.1 Å². The Bertz CT molecular complexity index is 1040. The third-order valence-electron chi connectivity index (χ3n) is 5.25. The zero-order valence-corrected chi connectivity index (χ0v) is 17.6. The van der Waals surface area contributed by atoms with Crippen molar-refractivity contribution in [2.24, 2.45) is 7.05 Å². The highest BCUT2D eigenvalue weighted by Gasteiger charge is 2.38. The number of ether oxygens (including phenoxy) is 1. The molecule has 0 radical (unpaired) electrons. The largest absolute Gasteiger partial charge is 0.501 e. The van der Waals surface area contributed by atoms with E-state index < -0.39 is 34.8 Å². The van der Waals surface area contributed by atoms with Crippen molar-refractivity contribution in [3.8, 4) is 5.75 Å². The molecule has 9 nitrogen and oxygen atoms in total. The number of likely N-dealkylation sites (tertiary alicyclic amines) is 1. The molecule has 1 fully saturated rings. The summed E-state index contributed by atoms with van der Waals surface area (Å²) in [6, 6.07) is 4.97. The van der Waals surface area contributed by atoms with Crippen LogP contribution in [0.1, 0.15) is 48.2 Å². The van der Waals surface area contributed by atoms with Gasteiger partial charge in [0, 0.05) is 40.1 Å². The van der Waals surface area contributed by atoms with Crippen molar-refractivity contribution in [3.05, 3.63) is 57.5 Å². The van der Waals surface area contributed by atoms with Gasteiger partial charge in [-0.15, -0.1) is 0 Å². The Balaban J connectivity index is 1.90. The highest BCUT2D eigenvalue weighted by molar-refractivity contribution is 5.94. The van der Waals surface area contributed by atoms with Crippen LogP contribution in [-0.4, -0.2) is 50.6 Å². The zero-order valence-electron chi connectivity index (χ0n) is 17.6. The second kappa shape index (κ2) is 9.25. The third-order valence-corrected chi connectivity index (χ3v) is 5.25. The minimum Gasteiger partial charge on any atom is -0.501 e. The quantitative estimate of drug-likeness (QED) is 0.710. The summed E-state index contributed by atoms with van der Waals surface area (Å²) >= 11 is 0. The molecule has 1 aliphatic heterocycles. The Hall–Kier alpha value is -3.27. The van der Waals surface area contributed by atoms with Crippen molar-refractivity contribution in [2.75, 3.05) is 13.2 Å². The monoisotopic (exact) mass is 432 g/mol. The Morgan fingerprint density at radius 1 is 1.32 bits per heavy atom. The van der Waals surface area contributed by atoms with Gasteiger partial charge in [-0.3, -0.25) is 19.0 Å². The smallest absolute Gasteiger partial charge is 0.296 e. The predicted octanol–water partition coefficient (Wildman–Crippen LogP) is 1.25. The number of carbonyl (C=O) groups is 2. The molecule has 1 aliphatic rings. The molecule has 3 rings (SSSR count). The first-order valence-corrected chi connectivity index (χ1v) is 9.94. The fourth-order valence-electron chi connectivity index (χ4n) is 3.68. The van der Waals surface area contributed by atoms with Crippen LogP contribution in [0.25, 0.3) is 0 Å². The van der Waals surface area contributed by atoms with Gasteiger partial charge >= 0.3 is 0 Å². The van der Waals surface area contributed by atoms with E-state index in [9.17, 15) is 23.9 Å². The summed E-state index contributed by atoms with van der Waals surface area (Å²) in [7, 11) is 1.43. The van der Waals surface area contributed by atoms with Crippen LogP contribution in [0.5, 0.6) is 5.75 Å². The Labute approximate surface area is 178 Å². The molecule has 0 spiro atoms. The van der Waals surface area contributed by atoms with E-state index in [2.05, 4.69) is 10.3 Å². The SMILES string of the molecule is CCO[C@@H]1C[C@H](c2nc(C(=O)NCc3ccc(F)cc3)c(O)c(=O)n2C)N(C(C)=O)C1. The number of nitrogens with zero attached hydrogens (tertiary/aromatic N) is 3. The lowest BCUT2D eigenvalue weighted by molar-refractivity contribution is -0.130. The summed E-state index contributed by atoms with van der Waals surface area (Å²) in [4.78, 5) is 43.2. The van der Waals surface area contributed by atoms with Gasteiger partial charge in [-0.05, 0) is 24.6 Å². The van der Waals surface area contributed by atoms with E-state index >= 15 is 0 Å². The van der Waals surface area contributed by atoms with Crippen LogP contribution in [-0.2, 0) is 23.1 Å². The van der Waals surface area contributed by atoms with Gasteiger partial charge in [-0.25, -0.2) is 9.37 Å². The fraction of sp³-hybridized carbons (Fsp3) is 0.429. The van der Waals surface area contributed by atoms with Crippen molar-refractivity contribution in [3.63, 3.8) is 0 Å². The van der Waals surface area contributed by atoms with Gasteiger partial charge in [0.15, 0.2) is 5.69 Å². The number of rotatable bonds is 6. The molecule has 10 heteroatoms. The van der Waals surface area contributed by atoms with E-state index in [4.69, 9.17) is 4.74 Å². The normalized spacial score (nSPS) is 18.3. The molecule has 2 N–H and O–H groups in total. The van der Waals surface area contributed by atoms with E-state index in [1.54, 1.807) is 4.90 Å². The summed E-state index contributed by atoms with van der Waals surface area (Å²) in [5.74, 6) is -1.96. The molecule has 1 saturated heterocycles. The van der Waals surface area contributed by atoms with Gasteiger partial charge < -0.3 is 20.1 Å². The number of hydrogen-bond donors (Lipinski definition) is 2. The second-order valence-electron chi connectivity index (χ2n) is 7.34. The number of hydrogen-bond acceptors (Lipinski definition) is 6. The number of aromatic nitrogens is 2. The molecule has 2 atom stereocenters. The van der Waals surface area contributed by atoms with Gasteiger partial charge in [0.25, 0.3) is 11.5 Å². The van der Waals surface area contributed by atoms with Gasteiger partial charge in [0.05, 0.1) is 12.1 Å². The lowest BCUT2D eigenvalue weighted by Gasteiger charge is -2.24. The van der Waals surface area contributed by atoms with Crippen molar-refractivity contribution in [1.29, 1.82) is 0 Å². The number of aromatic hydroxyl groups is 1. The molecule has 1 aromatic carbocycles. The first-order valence-electron chi connectivity index (χ1n) is 9.94. The van der Waals surface area contributed by atoms with Crippen LogP contribution >= 0.6 is 0 Å². The maximum absolute atomic E-state index is 13.0. The third kappa shape index (κ3) is 4.74. The molecule has 0 unspecified atom stereocenters. The van der Waals surface area contributed by atoms with E-state index in [1.807, 2.05) is 6.92 Å². The Morgan fingerprint density at radius 2 is 2.00 bits per heavy atom. The lowest BCUT2D eigenvalue weighted by atomic mass is 10.1. The molecule has 31 heavy (non-hydrogen) atoms. The van der Waals surface area contributed by atoms with E-state index in [1.165, 1.54) is 38.2 Å². The molecule has 0 aliphatic carbocycles. The Kier molecular flexibility index (Phi) is 6.69. The summed E-state index contributed by atoms with van der Waals surface area (Å²) in [6.07, 6.45) is 0.190. The molecule has 2 amide bonds. The highest BCUT2D eigenvalue weighted by atomic mass is 19.1. The molecular weight excluding hydrogens is 407 g/mol. The number of benzene rings is 1. The average molecular weight is 432 g/mol. The Morgan fingerprint density at radius 3 is 2.61 bits per heavy atom. The standard InChI is InChI=1S/C21H25FN4O5/c1-4-31-15-9-16(26(11-15)12(2)27)19-24-17(18(28)21(30)25(19)3)20(29)23-10-13-5-7-14(22)8-6-13/h5-8,15-16,28H,4,9-11H2,1-3H3,(H,23,29)/t15-,16-/m1/s1. The second-order valence-corrected chi connectivity index (χ2v) is 7.34. The topological polar surface area (TPSA) is 114 Å². The number of nitrogens with one attached hydrogen (secondary N) is 1. The molecule has 0 saturated carbocycles. The first-order chi connectivity index (χ1) is 14.7. The molecule has 1 aromatic heterocycles. The van der Waals surface area contributed by atoms with Crippen LogP contribution in [0, 0.1) is 5.82 Å². The van der Waals surface area contributed by atoms with Crippen molar-refractivity contribution < 1.29 is 23.8 Å². The van der Waals surface area contributed by atoms with Crippen LogP contribution in [0.4, 0.5) is 4.39 Å². The minimum absolute atomic E-state index is 0.0557. The van der Waals surface area contributed by atoms with Crippen molar-refractivity contribution in [1.82, 2.24) is 19.8 Å². The molecule has 2 aromatic rings. The molecule has 0 bridgehead atoms. The van der Waals surface area contributed by atoms with Gasteiger partial charge in [0.1, 0.15) is 11.6 Å². The van der Waals surface area contributed by atoms with Gasteiger partial charge in [-0.2, -0.15) is 0 Å². The maximum atomic E-state index is 13.0. The summed E-state index contributed by atoms with van der Waals surface area (Å²) < 4.78 is 19.8. The minimum atomic E-state index is -0.791. The van der Waals surface area contributed by atoms with Crippen LogP contribution < -0.4 is 10.9 Å². The van der Waals surface area contributed by atoms with Crippen LogP contribution in [0.3, 0.4) is 0 Å². The summed E-state index contributed by atoms with van der Waals surface area (Å²) in [5, 5.41) is 12.8. The highest BCUT2D eigenvalue weighted by Crippen LogP contribution is 2.32. The van der Waals surface area contributed by atoms with Gasteiger partial charge in [0.2, 0.25) is 11.7 Å². The van der Waals surface area contributed by atoms with Crippen molar-refractivity contribution in [2.45, 2.75) is 39.0 Å². The molecule has 166 valence electrons. The number of amides is 2. The van der Waals surface area contributed by atoms with E-state index in [-0.39, 0.29) is 24.4 Å². The van der Waals surface area contributed by atoms with E-state index in [0.717, 1.165) is 4.57 Å². The number of carbonyl (C=O) groups excluding carboxylic acids is 2. The number of halogens is 1. The van der Waals surface area contributed by atoms with Crippen LogP contribution in [0.15, 0.2) is 29.1 Å². The molecular formula is C21H25FN4O5. The summed E-state index contributed by atoms with van der Waals surface area (Å²) in [6.45, 7) is 4.14. The summed E-state index contributed by atoms with van der Waals surface area (Å²) in [5.41, 5.74) is -0.583. The molecule has 2 heterocycles.